The normalized spacial score (nSPS) is 21.5. The van der Waals surface area contributed by atoms with E-state index in [2.05, 4.69) is 52.0 Å². The third-order valence-corrected chi connectivity index (χ3v) is 8.60. The first-order valence-electron chi connectivity index (χ1n) is 13.7. The molecule has 1 N–H and O–H groups in total. The highest BCUT2D eigenvalue weighted by Gasteiger charge is 2.47. The number of carbonyl (C=O) groups is 2. The average molecular weight is 549 g/mol. The van der Waals surface area contributed by atoms with Crippen LogP contribution in [0, 0.1) is 5.92 Å². The van der Waals surface area contributed by atoms with Crippen LogP contribution in [0.1, 0.15) is 63.0 Å². The van der Waals surface area contributed by atoms with E-state index in [1.165, 1.54) is 24.1 Å². The molecule has 0 bridgehead atoms. The van der Waals surface area contributed by atoms with Crippen molar-refractivity contribution in [2.24, 2.45) is 5.92 Å². The summed E-state index contributed by atoms with van der Waals surface area (Å²) in [7, 11) is 2.20. The van der Waals surface area contributed by atoms with Crippen molar-refractivity contribution in [3.8, 4) is 17.0 Å². The number of amides is 1. The third kappa shape index (κ3) is 5.50. The van der Waals surface area contributed by atoms with Gasteiger partial charge in [-0.25, -0.2) is 4.79 Å². The standard InChI is InChI=1S/C26H34N4O2.C2HF3O2/c1-28-14-10-20(11-15-28)30-24-21-8-4-5-9-23(21)32-26(22(24)18-27-30)12-16-29(17-13-26)25(31)19-6-2-3-7-19;3-2(4,5)1(6)7/h4-5,8-9,18-20H,2-3,6-7,10-17H2,1H3;(H,6,7). The number of hydrogen-bond donors (Lipinski definition) is 1. The summed E-state index contributed by atoms with van der Waals surface area (Å²) in [6.45, 7) is 3.77. The van der Waals surface area contributed by atoms with E-state index < -0.39 is 12.1 Å². The number of nitrogens with zero attached hydrogens (tertiary/aromatic N) is 4. The first-order valence-corrected chi connectivity index (χ1v) is 13.7. The summed E-state index contributed by atoms with van der Waals surface area (Å²) < 4.78 is 40.8. The van der Waals surface area contributed by atoms with Gasteiger partial charge in [0.1, 0.15) is 11.4 Å². The van der Waals surface area contributed by atoms with E-state index in [1.807, 2.05) is 0 Å². The molecular weight excluding hydrogens is 513 g/mol. The topological polar surface area (TPSA) is 87.9 Å². The van der Waals surface area contributed by atoms with Crippen molar-refractivity contribution in [2.45, 2.75) is 69.2 Å². The molecule has 0 atom stereocenters. The SMILES string of the molecule is CN1CCC(n2ncc3c2-c2ccccc2OC32CCN(C(=O)C3CCCC3)CC2)CC1.O=C(O)C(F)(F)F. The van der Waals surface area contributed by atoms with Crippen LogP contribution < -0.4 is 4.74 Å². The van der Waals surface area contributed by atoms with Crippen molar-refractivity contribution >= 4 is 11.9 Å². The number of aromatic nitrogens is 2. The first kappa shape index (κ1) is 27.5. The maximum atomic E-state index is 13.0. The molecule has 2 saturated heterocycles. The highest BCUT2D eigenvalue weighted by Crippen LogP contribution is 2.50. The van der Waals surface area contributed by atoms with Gasteiger partial charge in [-0.2, -0.15) is 18.3 Å². The number of benzene rings is 1. The van der Waals surface area contributed by atoms with E-state index in [0.29, 0.717) is 11.9 Å². The van der Waals surface area contributed by atoms with Crippen LogP contribution in [0.25, 0.3) is 11.3 Å². The van der Waals surface area contributed by atoms with Crippen molar-refractivity contribution < 1.29 is 32.6 Å². The molecule has 1 aromatic carbocycles. The molecule has 8 nitrogen and oxygen atoms in total. The molecule has 3 fully saturated rings. The van der Waals surface area contributed by atoms with Crippen LogP contribution in [0.4, 0.5) is 13.2 Å². The van der Waals surface area contributed by atoms with E-state index >= 15 is 0 Å². The molecule has 0 radical (unpaired) electrons. The van der Waals surface area contributed by atoms with Crippen LogP contribution in [-0.4, -0.2) is 76.0 Å². The molecule has 0 unspecified atom stereocenters. The molecule has 4 aliphatic rings. The zero-order valence-corrected chi connectivity index (χ0v) is 22.1. The number of carboxylic acid groups (broad SMARTS) is 1. The van der Waals surface area contributed by atoms with Crippen LogP contribution in [0.3, 0.4) is 0 Å². The third-order valence-electron chi connectivity index (χ3n) is 8.60. The second-order valence-electron chi connectivity index (χ2n) is 11.1. The number of piperidine rings is 2. The van der Waals surface area contributed by atoms with Gasteiger partial charge in [-0.1, -0.05) is 25.0 Å². The van der Waals surface area contributed by atoms with Gasteiger partial charge in [-0.05, 0) is 58.0 Å². The second-order valence-corrected chi connectivity index (χ2v) is 11.1. The van der Waals surface area contributed by atoms with E-state index in [1.54, 1.807) is 0 Å². The molecule has 1 amide bonds. The van der Waals surface area contributed by atoms with Crippen molar-refractivity contribution in [3.05, 3.63) is 36.0 Å². The molecule has 1 saturated carbocycles. The van der Waals surface area contributed by atoms with E-state index in [4.69, 9.17) is 19.7 Å². The number of carboxylic acids is 1. The summed E-state index contributed by atoms with van der Waals surface area (Å²) in [6, 6.07) is 8.86. The number of carbonyl (C=O) groups excluding carboxylic acids is 1. The number of alkyl halides is 3. The zero-order chi connectivity index (χ0) is 27.8. The average Bonchev–Trinajstić information content (AvgIpc) is 3.61. The summed E-state index contributed by atoms with van der Waals surface area (Å²) in [5.41, 5.74) is 3.26. The molecule has 1 aliphatic carbocycles. The second kappa shape index (κ2) is 10.8. The first-order chi connectivity index (χ1) is 18.6. The molecule has 6 rings (SSSR count). The molecule has 2 aromatic rings. The summed E-state index contributed by atoms with van der Waals surface area (Å²) in [6.07, 6.45) is 5.46. The number of para-hydroxylation sites is 1. The minimum Gasteiger partial charge on any atom is -0.482 e. The van der Waals surface area contributed by atoms with Crippen LogP contribution in [-0.2, 0) is 15.2 Å². The molecule has 11 heteroatoms. The monoisotopic (exact) mass is 548 g/mol. The smallest absolute Gasteiger partial charge is 0.482 e. The van der Waals surface area contributed by atoms with E-state index in [9.17, 15) is 18.0 Å². The lowest BCUT2D eigenvalue weighted by Crippen LogP contribution is -2.50. The number of ether oxygens (including phenoxy) is 1. The Labute approximate surface area is 225 Å². The summed E-state index contributed by atoms with van der Waals surface area (Å²) in [5, 5.41) is 12.1. The number of likely N-dealkylation sites (tertiary alicyclic amines) is 2. The van der Waals surface area contributed by atoms with Gasteiger partial charge in [-0.15, -0.1) is 0 Å². The van der Waals surface area contributed by atoms with E-state index in [-0.39, 0.29) is 11.5 Å². The lowest BCUT2D eigenvalue weighted by Gasteiger charge is -2.45. The van der Waals surface area contributed by atoms with Crippen LogP contribution in [0.15, 0.2) is 30.5 Å². The Morgan fingerprint density at radius 3 is 2.26 bits per heavy atom. The molecule has 3 aliphatic heterocycles. The molecule has 1 spiro atoms. The Bertz CT molecular complexity index is 1190. The van der Waals surface area contributed by atoms with Gasteiger partial charge < -0.3 is 19.6 Å². The van der Waals surface area contributed by atoms with Gasteiger partial charge in [0.15, 0.2) is 0 Å². The molecule has 212 valence electrons. The molecule has 1 aromatic heterocycles. The largest absolute Gasteiger partial charge is 0.490 e. The van der Waals surface area contributed by atoms with Crippen molar-refractivity contribution in [3.63, 3.8) is 0 Å². The fourth-order valence-corrected chi connectivity index (χ4v) is 6.39. The van der Waals surface area contributed by atoms with Crippen molar-refractivity contribution in [1.82, 2.24) is 19.6 Å². The number of hydrogen-bond acceptors (Lipinski definition) is 5. The Hall–Kier alpha value is -3.08. The zero-order valence-electron chi connectivity index (χ0n) is 22.1. The molecule has 4 heterocycles. The molecular formula is C28H35F3N4O4. The Balaban J connectivity index is 0.000000392. The predicted molar refractivity (Wildman–Crippen MR) is 137 cm³/mol. The number of aliphatic carboxylic acids is 1. The Morgan fingerprint density at radius 2 is 1.64 bits per heavy atom. The van der Waals surface area contributed by atoms with Crippen LogP contribution >= 0.6 is 0 Å². The highest BCUT2D eigenvalue weighted by molar-refractivity contribution is 5.79. The number of rotatable bonds is 2. The summed E-state index contributed by atoms with van der Waals surface area (Å²) >= 11 is 0. The van der Waals surface area contributed by atoms with Gasteiger partial charge in [-0.3, -0.25) is 9.48 Å². The Morgan fingerprint density at radius 1 is 1.03 bits per heavy atom. The quantitative estimate of drug-likeness (QED) is 0.578. The van der Waals surface area contributed by atoms with Gasteiger partial charge in [0.05, 0.1) is 17.9 Å². The van der Waals surface area contributed by atoms with Crippen LogP contribution in [0.5, 0.6) is 5.75 Å². The minimum atomic E-state index is -5.08. The lowest BCUT2D eigenvalue weighted by molar-refractivity contribution is -0.192. The fourth-order valence-electron chi connectivity index (χ4n) is 6.39. The predicted octanol–water partition coefficient (Wildman–Crippen LogP) is 4.85. The van der Waals surface area contributed by atoms with Crippen molar-refractivity contribution in [2.75, 3.05) is 33.2 Å². The van der Waals surface area contributed by atoms with Crippen LogP contribution in [0.2, 0.25) is 0 Å². The van der Waals surface area contributed by atoms with Gasteiger partial charge in [0, 0.05) is 43.0 Å². The number of fused-ring (bicyclic) bond motifs is 4. The highest BCUT2D eigenvalue weighted by atomic mass is 19.4. The summed E-state index contributed by atoms with van der Waals surface area (Å²) in [5.74, 6) is -1.17. The van der Waals surface area contributed by atoms with Gasteiger partial charge in [0.2, 0.25) is 5.91 Å². The molecule has 39 heavy (non-hydrogen) atoms. The van der Waals surface area contributed by atoms with Crippen molar-refractivity contribution in [1.29, 1.82) is 0 Å². The summed E-state index contributed by atoms with van der Waals surface area (Å²) in [4.78, 5) is 26.4. The number of halogens is 3. The Kier molecular flexibility index (Phi) is 7.63. The minimum absolute atomic E-state index is 0.250. The van der Waals surface area contributed by atoms with Gasteiger partial charge in [0.25, 0.3) is 0 Å². The van der Waals surface area contributed by atoms with E-state index in [0.717, 1.165) is 76.0 Å². The lowest BCUT2D eigenvalue weighted by atomic mass is 9.80. The fraction of sp³-hybridized carbons (Fsp3) is 0.607. The maximum absolute atomic E-state index is 13.0. The maximum Gasteiger partial charge on any atom is 0.490 e. The van der Waals surface area contributed by atoms with Gasteiger partial charge >= 0.3 is 12.1 Å².